The van der Waals surface area contributed by atoms with Crippen molar-refractivity contribution in [3.8, 4) is 0 Å². The Balaban J connectivity index is 2.80. The summed E-state index contributed by atoms with van der Waals surface area (Å²) in [6, 6.07) is 1.61. The Kier molecular flexibility index (Phi) is 5.92. The lowest BCUT2D eigenvalue weighted by molar-refractivity contribution is -0.131. The SMILES string of the molecule is CCN(CC(=O)NC)C(=O)c1csc(C=CC(=O)O)c1. The predicted molar refractivity (Wildman–Crippen MR) is 76.6 cm³/mol. The second-order valence-corrected chi connectivity index (χ2v) is 4.84. The number of rotatable bonds is 6. The molecule has 0 aliphatic carbocycles. The summed E-state index contributed by atoms with van der Waals surface area (Å²) in [5.74, 6) is -1.52. The van der Waals surface area contributed by atoms with E-state index in [4.69, 9.17) is 5.11 Å². The maximum absolute atomic E-state index is 12.2. The number of hydrogen-bond acceptors (Lipinski definition) is 4. The quantitative estimate of drug-likeness (QED) is 0.768. The zero-order valence-electron chi connectivity index (χ0n) is 11.3. The van der Waals surface area contributed by atoms with Crippen molar-refractivity contribution in [3.05, 3.63) is 28.0 Å². The van der Waals surface area contributed by atoms with E-state index in [2.05, 4.69) is 5.32 Å². The van der Waals surface area contributed by atoms with Gasteiger partial charge in [-0.05, 0) is 19.1 Å². The van der Waals surface area contributed by atoms with Crippen LogP contribution < -0.4 is 5.32 Å². The zero-order valence-corrected chi connectivity index (χ0v) is 12.1. The highest BCUT2D eigenvalue weighted by atomic mass is 32.1. The molecule has 0 saturated heterocycles. The van der Waals surface area contributed by atoms with Crippen molar-refractivity contribution >= 4 is 35.2 Å². The normalized spacial score (nSPS) is 10.5. The van der Waals surface area contributed by atoms with Gasteiger partial charge in [-0.2, -0.15) is 0 Å². The summed E-state index contributed by atoms with van der Waals surface area (Å²) in [7, 11) is 1.51. The molecule has 0 aliphatic heterocycles. The Morgan fingerprint density at radius 1 is 1.45 bits per heavy atom. The molecule has 1 aromatic heterocycles. The molecular formula is C13H16N2O4S. The van der Waals surface area contributed by atoms with Crippen molar-refractivity contribution in [1.29, 1.82) is 0 Å². The van der Waals surface area contributed by atoms with E-state index in [0.29, 0.717) is 17.0 Å². The van der Waals surface area contributed by atoms with Crippen molar-refractivity contribution in [2.45, 2.75) is 6.92 Å². The minimum Gasteiger partial charge on any atom is -0.478 e. The average molecular weight is 296 g/mol. The number of nitrogens with one attached hydrogen (secondary N) is 1. The van der Waals surface area contributed by atoms with Gasteiger partial charge in [0.05, 0.1) is 12.1 Å². The van der Waals surface area contributed by atoms with Crippen molar-refractivity contribution in [2.24, 2.45) is 0 Å². The van der Waals surface area contributed by atoms with Crippen molar-refractivity contribution in [1.82, 2.24) is 10.2 Å². The van der Waals surface area contributed by atoms with Gasteiger partial charge in [-0.3, -0.25) is 9.59 Å². The third kappa shape index (κ3) is 4.51. The van der Waals surface area contributed by atoms with Gasteiger partial charge < -0.3 is 15.3 Å². The molecule has 7 heteroatoms. The van der Waals surface area contributed by atoms with Gasteiger partial charge >= 0.3 is 5.97 Å². The molecule has 2 amide bonds. The maximum atomic E-state index is 12.2. The van der Waals surface area contributed by atoms with Crippen LogP contribution in [-0.2, 0) is 9.59 Å². The van der Waals surface area contributed by atoms with E-state index in [0.717, 1.165) is 6.08 Å². The standard InChI is InChI=1S/C13H16N2O4S/c1-3-15(7-11(16)14-2)13(19)9-6-10(20-8-9)4-5-12(17)18/h4-6,8H,3,7H2,1-2H3,(H,14,16)(H,17,18). The van der Waals surface area contributed by atoms with Gasteiger partial charge in [0.1, 0.15) is 0 Å². The molecule has 6 nitrogen and oxygen atoms in total. The summed E-state index contributed by atoms with van der Waals surface area (Å²) in [4.78, 5) is 36.0. The number of nitrogens with zero attached hydrogens (tertiary/aromatic N) is 1. The average Bonchev–Trinajstić information content (AvgIpc) is 2.90. The van der Waals surface area contributed by atoms with E-state index in [1.54, 1.807) is 18.4 Å². The van der Waals surface area contributed by atoms with Crippen LogP contribution in [0.3, 0.4) is 0 Å². The molecule has 0 atom stereocenters. The van der Waals surface area contributed by atoms with Gasteiger partial charge in [-0.15, -0.1) is 11.3 Å². The highest BCUT2D eigenvalue weighted by Gasteiger charge is 2.17. The van der Waals surface area contributed by atoms with E-state index in [1.165, 1.54) is 29.4 Å². The third-order valence-electron chi connectivity index (χ3n) is 2.54. The summed E-state index contributed by atoms with van der Waals surface area (Å²) >= 11 is 1.27. The predicted octanol–water partition coefficient (Wildman–Crippen LogP) is 1.05. The first kappa shape index (κ1) is 15.9. The Hall–Kier alpha value is -2.15. The molecule has 0 fully saturated rings. The lowest BCUT2D eigenvalue weighted by atomic mass is 10.2. The van der Waals surface area contributed by atoms with E-state index in [1.807, 2.05) is 0 Å². The Morgan fingerprint density at radius 3 is 2.70 bits per heavy atom. The molecule has 0 radical (unpaired) electrons. The van der Waals surface area contributed by atoms with Crippen LogP contribution in [-0.4, -0.2) is 47.9 Å². The lowest BCUT2D eigenvalue weighted by Gasteiger charge is -2.19. The van der Waals surface area contributed by atoms with Crippen molar-refractivity contribution < 1.29 is 19.5 Å². The van der Waals surface area contributed by atoms with Crippen LogP contribution in [0, 0.1) is 0 Å². The van der Waals surface area contributed by atoms with Crippen molar-refractivity contribution in [3.63, 3.8) is 0 Å². The molecule has 1 aromatic rings. The number of carboxylic acid groups (broad SMARTS) is 1. The number of amides is 2. The minimum atomic E-state index is -1.04. The topological polar surface area (TPSA) is 86.7 Å². The number of thiophene rings is 1. The summed E-state index contributed by atoms with van der Waals surface area (Å²) in [6.07, 6.45) is 2.45. The van der Waals surface area contributed by atoms with E-state index < -0.39 is 5.97 Å². The van der Waals surface area contributed by atoms with Gasteiger partial charge in [0.25, 0.3) is 5.91 Å². The number of carbonyl (C=O) groups is 3. The van der Waals surface area contributed by atoms with Crippen LogP contribution in [0.1, 0.15) is 22.2 Å². The zero-order chi connectivity index (χ0) is 15.1. The second-order valence-electron chi connectivity index (χ2n) is 3.90. The van der Waals surface area contributed by atoms with Crippen LogP contribution >= 0.6 is 11.3 Å². The first-order valence-corrected chi connectivity index (χ1v) is 6.85. The van der Waals surface area contributed by atoms with Crippen molar-refractivity contribution in [2.75, 3.05) is 20.1 Å². The van der Waals surface area contributed by atoms with E-state index >= 15 is 0 Å². The molecular weight excluding hydrogens is 280 g/mol. The monoisotopic (exact) mass is 296 g/mol. The smallest absolute Gasteiger partial charge is 0.328 e. The fourth-order valence-corrected chi connectivity index (χ4v) is 2.24. The van der Waals surface area contributed by atoms with E-state index in [9.17, 15) is 14.4 Å². The number of hydrogen-bond donors (Lipinski definition) is 2. The molecule has 0 spiro atoms. The van der Waals surface area contributed by atoms with E-state index in [-0.39, 0.29) is 18.4 Å². The third-order valence-corrected chi connectivity index (χ3v) is 3.44. The van der Waals surface area contributed by atoms with Crippen LogP contribution in [0.2, 0.25) is 0 Å². The summed E-state index contributed by atoms with van der Waals surface area (Å²) in [6.45, 7) is 2.21. The van der Waals surface area contributed by atoms with Gasteiger partial charge in [-0.25, -0.2) is 4.79 Å². The number of likely N-dealkylation sites (N-methyl/N-ethyl adjacent to an activating group) is 2. The second kappa shape index (κ2) is 7.44. The maximum Gasteiger partial charge on any atom is 0.328 e. The first-order chi connectivity index (χ1) is 9.47. The number of carboxylic acids is 1. The lowest BCUT2D eigenvalue weighted by Crippen LogP contribution is -2.39. The molecule has 108 valence electrons. The summed E-state index contributed by atoms with van der Waals surface area (Å²) in [5, 5.41) is 12.7. The fraction of sp³-hybridized carbons (Fsp3) is 0.308. The highest BCUT2D eigenvalue weighted by Crippen LogP contribution is 2.18. The first-order valence-electron chi connectivity index (χ1n) is 5.97. The minimum absolute atomic E-state index is 0.00196. The molecule has 0 aliphatic rings. The molecule has 20 heavy (non-hydrogen) atoms. The molecule has 0 aromatic carbocycles. The molecule has 1 heterocycles. The molecule has 0 unspecified atom stereocenters. The molecule has 0 bridgehead atoms. The molecule has 1 rings (SSSR count). The Morgan fingerprint density at radius 2 is 2.15 bits per heavy atom. The fourth-order valence-electron chi connectivity index (χ4n) is 1.47. The Bertz CT molecular complexity index is 536. The number of carbonyl (C=O) groups excluding carboxylic acids is 2. The van der Waals surface area contributed by atoms with Gasteiger partial charge in [0.15, 0.2) is 0 Å². The molecule has 2 N–H and O–H groups in total. The van der Waals surface area contributed by atoms with Gasteiger partial charge in [-0.1, -0.05) is 0 Å². The van der Waals surface area contributed by atoms with Gasteiger partial charge in [0.2, 0.25) is 5.91 Å². The van der Waals surface area contributed by atoms with Gasteiger partial charge in [0, 0.05) is 29.9 Å². The summed E-state index contributed by atoms with van der Waals surface area (Å²) < 4.78 is 0. The Labute approximate surface area is 120 Å². The summed E-state index contributed by atoms with van der Waals surface area (Å²) in [5.41, 5.74) is 0.450. The van der Waals surface area contributed by atoms with Crippen LogP contribution in [0.25, 0.3) is 6.08 Å². The number of aliphatic carboxylic acids is 1. The largest absolute Gasteiger partial charge is 0.478 e. The van der Waals surface area contributed by atoms with Crippen LogP contribution in [0.4, 0.5) is 0 Å². The van der Waals surface area contributed by atoms with Crippen LogP contribution in [0.15, 0.2) is 17.5 Å². The van der Waals surface area contributed by atoms with Crippen LogP contribution in [0.5, 0.6) is 0 Å². The molecule has 0 saturated carbocycles. The highest BCUT2D eigenvalue weighted by molar-refractivity contribution is 7.11.